The summed E-state index contributed by atoms with van der Waals surface area (Å²) in [6.07, 6.45) is 2.55. The smallest absolute Gasteiger partial charge is 0.243 e. The van der Waals surface area contributed by atoms with Crippen molar-refractivity contribution < 1.29 is 17.9 Å². The zero-order chi connectivity index (χ0) is 18.2. The highest BCUT2D eigenvalue weighted by Gasteiger charge is 2.32. The van der Waals surface area contributed by atoms with Gasteiger partial charge in [0, 0.05) is 38.3 Å². The van der Waals surface area contributed by atoms with Crippen LogP contribution in [-0.4, -0.2) is 50.5 Å². The van der Waals surface area contributed by atoms with Crippen LogP contribution in [0.4, 0.5) is 5.69 Å². The summed E-state index contributed by atoms with van der Waals surface area (Å²) in [7, 11) is -3.57. The fourth-order valence-corrected chi connectivity index (χ4v) is 5.34. The average molecular weight is 366 g/mol. The van der Waals surface area contributed by atoms with Crippen LogP contribution in [0.15, 0.2) is 23.1 Å². The number of amides is 1. The van der Waals surface area contributed by atoms with E-state index in [0.717, 1.165) is 24.1 Å². The molecule has 0 aromatic heterocycles. The van der Waals surface area contributed by atoms with E-state index < -0.39 is 10.0 Å². The summed E-state index contributed by atoms with van der Waals surface area (Å²) in [5.74, 6) is -0.0181. The number of sulfonamides is 1. The molecule has 1 amide bonds. The van der Waals surface area contributed by atoms with Crippen LogP contribution in [0.3, 0.4) is 0 Å². The van der Waals surface area contributed by atoms with E-state index in [-0.39, 0.29) is 18.1 Å². The molecule has 1 aromatic carbocycles. The Morgan fingerprint density at radius 2 is 2.16 bits per heavy atom. The fourth-order valence-electron chi connectivity index (χ4n) is 3.81. The molecule has 7 heteroatoms. The Labute approximate surface area is 149 Å². The van der Waals surface area contributed by atoms with Crippen LogP contribution in [0.5, 0.6) is 0 Å². The lowest BCUT2D eigenvalue weighted by molar-refractivity contribution is -0.116. The third kappa shape index (κ3) is 3.45. The molecule has 0 radical (unpaired) electrons. The highest BCUT2D eigenvalue weighted by atomic mass is 32.2. The topological polar surface area (TPSA) is 66.9 Å². The van der Waals surface area contributed by atoms with Crippen molar-refractivity contribution >= 4 is 21.6 Å². The molecule has 0 bridgehead atoms. The highest BCUT2D eigenvalue weighted by molar-refractivity contribution is 7.89. The summed E-state index contributed by atoms with van der Waals surface area (Å²) in [6, 6.07) is 5.15. The van der Waals surface area contributed by atoms with Crippen molar-refractivity contribution in [2.24, 2.45) is 0 Å². The number of benzene rings is 1. The molecule has 138 valence electrons. The minimum Gasteiger partial charge on any atom is -0.377 e. The summed E-state index contributed by atoms with van der Waals surface area (Å²) < 4.78 is 33.2. The summed E-state index contributed by atoms with van der Waals surface area (Å²) in [5, 5.41) is 0. The first-order valence-corrected chi connectivity index (χ1v) is 10.3. The Kier molecular flexibility index (Phi) is 5.18. The number of ether oxygens (including phenoxy) is 1. The summed E-state index contributed by atoms with van der Waals surface area (Å²) in [6.45, 7) is 6.88. The number of likely N-dealkylation sites (N-methyl/N-ethyl adjacent to an activating group) is 1. The van der Waals surface area contributed by atoms with Gasteiger partial charge in [-0.05, 0) is 49.9 Å². The zero-order valence-corrected chi connectivity index (χ0v) is 15.9. The summed E-state index contributed by atoms with van der Waals surface area (Å²) >= 11 is 0. The minimum absolute atomic E-state index is 0.0163. The first-order valence-electron chi connectivity index (χ1n) is 8.89. The van der Waals surface area contributed by atoms with Gasteiger partial charge in [0.15, 0.2) is 0 Å². The Balaban J connectivity index is 1.88. The molecular formula is C18H26N2O4S. The summed E-state index contributed by atoms with van der Waals surface area (Å²) in [5.41, 5.74) is 1.73. The van der Waals surface area contributed by atoms with Crippen LogP contribution in [0.1, 0.15) is 39.2 Å². The Bertz CT molecular complexity index is 756. The summed E-state index contributed by atoms with van der Waals surface area (Å²) in [4.78, 5) is 13.9. The average Bonchev–Trinajstić information content (AvgIpc) is 3.17. The first kappa shape index (κ1) is 18.4. The molecule has 0 N–H and O–H groups in total. The van der Waals surface area contributed by atoms with E-state index in [0.29, 0.717) is 31.0 Å². The zero-order valence-electron chi connectivity index (χ0n) is 15.1. The molecule has 1 aromatic rings. The van der Waals surface area contributed by atoms with Gasteiger partial charge in [-0.3, -0.25) is 4.79 Å². The van der Waals surface area contributed by atoms with Crippen LogP contribution >= 0.6 is 0 Å². The maximum atomic E-state index is 13.0. The lowest BCUT2D eigenvalue weighted by Gasteiger charge is -2.24. The van der Waals surface area contributed by atoms with E-state index in [1.807, 2.05) is 13.8 Å². The third-order valence-corrected chi connectivity index (χ3v) is 6.96. The van der Waals surface area contributed by atoms with Crippen molar-refractivity contribution in [3.05, 3.63) is 23.8 Å². The lowest BCUT2D eigenvalue weighted by atomic mass is 10.1. The number of hydrogen-bond donors (Lipinski definition) is 0. The van der Waals surface area contributed by atoms with E-state index in [4.69, 9.17) is 4.74 Å². The van der Waals surface area contributed by atoms with Crippen molar-refractivity contribution in [1.82, 2.24) is 4.31 Å². The number of carbonyl (C=O) groups excluding carboxylic acids is 1. The maximum Gasteiger partial charge on any atom is 0.243 e. The SMILES string of the molecule is CCN(CC1CCCO1)S(=O)(=O)c1ccc2c(c1)CC(C)N2C(C)=O. The van der Waals surface area contributed by atoms with Crippen LogP contribution in [0, 0.1) is 0 Å². The predicted molar refractivity (Wildman–Crippen MR) is 96.2 cm³/mol. The van der Waals surface area contributed by atoms with E-state index in [2.05, 4.69) is 0 Å². The Morgan fingerprint density at radius 3 is 2.76 bits per heavy atom. The van der Waals surface area contributed by atoms with Gasteiger partial charge in [0.05, 0.1) is 11.0 Å². The van der Waals surface area contributed by atoms with Crippen molar-refractivity contribution in [2.45, 2.75) is 57.1 Å². The molecule has 0 aliphatic carbocycles. The number of carbonyl (C=O) groups is 1. The van der Waals surface area contributed by atoms with Crippen molar-refractivity contribution in [3.63, 3.8) is 0 Å². The Morgan fingerprint density at radius 1 is 1.40 bits per heavy atom. The van der Waals surface area contributed by atoms with E-state index >= 15 is 0 Å². The molecule has 2 heterocycles. The van der Waals surface area contributed by atoms with E-state index in [9.17, 15) is 13.2 Å². The van der Waals surface area contributed by atoms with Crippen LogP contribution in [0.25, 0.3) is 0 Å². The van der Waals surface area contributed by atoms with Gasteiger partial charge in [0.25, 0.3) is 0 Å². The molecule has 1 saturated heterocycles. The second kappa shape index (κ2) is 7.05. The minimum atomic E-state index is -3.57. The number of rotatable bonds is 5. The van der Waals surface area contributed by atoms with Gasteiger partial charge >= 0.3 is 0 Å². The first-order chi connectivity index (χ1) is 11.8. The second-order valence-electron chi connectivity index (χ2n) is 6.82. The van der Waals surface area contributed by atoms with Crippen molar-refractivity contribution in [3.8, 4) is 0 Å². The molecule has 2 aliphatic heterocycles. The van der Waals surface area contributed by atoms with E-state index in [1.54, 1.807) is 23.1 Å². The molecule has 6 nitrogen and oxygen atoms in total. The van der Waals surface area contributed by atoms with Gasteiger partial charge in [-0.2, -0.15) is 4.31 Å². The molecule has 2 unspecified atom stereocenters. The molecule has 3 rings (SSSR count). The standard InChI is InChI=1S/C18H26N2O4S/c1-4-19(12-16-6-5-9-24-16)25(22,23)17-7-8-18-15(11-17)10-13(2)20(18)14(3)21/h7-8,11,13,16H,4-6,9-10,12H2,1-3H3. The highest BCUT2D eigenvalue weighted by Crippen LogP contribution is 2.34. The number of fused-ring (bicyclic) bond motifs is 1. The molecule has 0 saturated carbocycles. The van der Waals surface area contributed by atoms with Crippen molar-refractivity contribution in [2.75, 3.05) is 24.6 Å². The molecule has 1 fully saturated rings. The number of anilines is 1. The van der Waals surface area contributed by atoms with Gasteiger partial charge in [-0.25, -0.2) is 8.42 Å². The van der Waals surface area contributed by atoms with Gasteiger partial charge < -0.3 is 9.64 Å². The van der Waals surface area contributed by atoms with Crippen molar-refractivity contribution in [1.29, 1.82) is 0 Å². The van der Waals surface area contributed by atoms with E-state index in [1.165, 1.54) is 11.2 Å². The lowest BCUT2D eigenvalue weighted by Crippen LogP contribution is -2.37. The molecule has 25 heavy (non-hydrogen) atoms. The quantitative estimate of drug-likeness (QED) is 0.801. The molecule has 2 atom stereocenters. The van der Waals surface area contributed by atoms with Crippen LogP contribution in [0.2, 0.25) is 0 Å². The number of nitrogens with zero attached hydrogens (tertiary/aromatic N) is 2. The molecule has 2 aliphatic rings. The monoisotopic (exact) mass is 366 g/mol. The molecular weight excluding hydrogens is 340 g/mol. The van der Waals surface area contributed by atoms with Crippen LogP contribution in [-0.2, 0) is 26.0 Å². The third-order valence-electron chi connectivity index (χ3n) is 5.03. The maximum absolute atomic E-state index is 13.0. The second-order valence-corrected chi connectivity index (χ2v) is 8.76. The van der Waals surface area contributed by atoms with Crippen LogP contribution < -0.4 is 4.90 Å². The van der Waals surface area contributed by atoms with Gasteiger partial charge in [-0.1, -0.05) is 6.92 Å². The molecule has 0 spiro atoms. The number of hydrogen-bond acceptors (Lipinski definition) is 4. The fraction of sp³-hybridized carbons (Fsp3) is 0.611. The Hall–Kier alpha value is -1.44. The van der Waals surface area contributed by atoms with Gasteiger partial charge in [-0.15, -0.1) is 0 Å². The predicted octanol–water partition coefficient (Wildman–Crippen LogP) is 2.17. The van der Waals surface area contributed by atoms with Gasteiger partial charge in [0.1, 0.15) is 0 Å². The van der Waals surface area contributed by atoms with Gasteiger partial charge in [0.2, 0.25) is 15.9 Å². The largest absolute Gasteiger partial charge is 0.377 e. The normalized spacial score (nSPS) is 23.3.